The van der Waals surface area contributed by atoms with Crippen molar-refractivity contribution in [3.63, 3.8) is 0 Å². The van der Waals surface area contributed by atoms with Crippen molar-refractivity contribution in [2.45, 2.75) is 6.04 Å². The van der Waals surface area contributed by atoms with E-state index in [1.54, 1.807) is 17.9 Å². The van der Waals surface area contributed by atoms with Gasteiger partial charge in [-0.1, -0.05) is 11.6 Å². The van der Waals surface area contributed by atoms with Crippen LogP contribution in [0, 0.1) is 5.82 Å². The molecule has 19 heavy (non-hydrogen) atoms. The van der Waals surface area contributed by atoms with Crippen LogP contribution in [0.2, 0.25) is 5.02 Å². The lowest BCUT2D eigenvalue weighted by Crippen LogP contribution is -2.27. The highest BCUT2D eigenvalue weighted by molar-refractivity contribution is 6.31. The molecule has 0 fully saturated rings. The number of aromatic nitrogens is 2. The van der Waals surface area contributed by atoms with Crippen molar-refractivity contribution >= 4 is 23.2 Å². The van der Waals surface area contributed by atoms with Gasteiger partial charge in [0.05, 0.1) is 11.2 Å². The van der Waals surface area contributed by atoms with Gasteiger partial charge in [0.25, 0.3) is 0 Å². The Morgan fingerprint density at radius 1 is 1.58 bits per heavy atom. The fourth-order valence-electron chi connectivity index (χ4n) is 1.55. The lowest BCUT2D eigenvalue weighted by molar-refractivity contribution is -0.117. The number of halogens is 2. The Bertz CT molecular complexity index is 614. The van der Waals surface area contributed by atoms with Crippen molar-refractivity contribution in [1.29, 1.82) is 0 Å². The highest BCUT2D eigenvalue weighted by Gasteiger charge is 2.17. The average Bonchev–Trinajstić information content (AvgIpc) is 2.79. The summed E-state index contributed by atoms with van der Waals surface area (Å²) in [6.07, 6.45) is 3.17. The summed E-state index contributed by atoms with van der Waals surface area (Å²) >= 11 is 5.63. The Labute approximate surface area is 114 Å². The number of hydrogen-bond donors (Lipinski definition) is 2. The SMILES string of the molecule is Cn1cc(C(N)C(=O)Nc2ccc(F)c(Cl)c2)cn1. The van der Waals surface area contributed by atoms with Crippen LogP contribution in [0.4, 0.5) is 10.1 Å². The number of benzene rings is 1. The van der Waals surface area contributed by atoms with Crippen LogP contribution < -0.4 is 11.1 Å². The maximum atomic E-state index is 13.0. The van der Waals surface area contributed by atoms with Crippen LogP contribution in [-0.2, 0) is 11.8 Å². The number of carbonyl (C=O) groups excluding carboxylic acids is 1. The van der Waals surface area contributed by atoms with Gasteiger partial charge in [-0.05, 0) is 18.2 Å². The number of hydrogen-bond acceptors (Lipinski definition) is 3. The van der Waals surface area contributed by atoms with Crippen molar-refractivity contribution in [1.82, 2.24) is 9.78 Å². The van der Waals surface area contributed by atoms with Gasteiger partial charge in [0.15, 0.2) is 0 Å². The maximum Gasteiger partial charge on any atom is 0.246 e. The lowest BCUT2D eigenvalue weighted by Gasteiger charge is -2.10. The number of anilines is 1. The molecule has 0 aliphatic heterocycles. The van der Waals surface area contributed by atoms with Crippen LogP contribution in [0.15, 0.2) is 30.6 Å². The van der Waals surface area contributed by atoms with Crippen LogP contribution in [0.3, 0.4) is 0 Å². The van der Waals surface area contributed by atoms with Gasteiger partial charge in [-0.15, -0.1) is 0 Å². The zero-order chi connectivity index (χ0) is 14.0. The highest BCUT2D eigenvalue weighted by Crippen LogP contribution is 2.20. The molecule has 1 unspecified atom stereocenters. The van der Waals surface area contributed by atoms with Gasteiger partial charge in [0.1, 0.15) is 11.9 Å². The maximum absolute atomic E-state index is 13.0. The molecule has 5 nitrogen and oxygen atoms in total. The van der Waals surface area contributed by atoms with Crippen molar-refractivity contribution in [2.75, 3.05) is 5.32 Å². The van der Waals surface area contributed by atoms with Gasteiger partial charge in [0.2, 0.25) is 5.91 Å². The minimum atomic E-state index is -0.850. The molecule has 3 N–H and O–H groups in total. The Morgan fingerprint density at radius 3 is 2.89 bits per heavy atom. The Hall–Kier alpha value is -1.92. The molecule has 2 rings (SSSR count). The Morgan fingerprint density at radius 2 is 2.32 bits per heavy atom. The first-order chi connectivity index (χ1) is 8.97. The van der Waals surface area contributed by atoms with Crippen molar-refractivity contribution in [2.24, 2.45) is 12.8 Å². The number of nitrogens with zero attached hydrogens (tertiary/aromatic N) is 2. The molecule has 0 aliphatic rings. The molecule has 1 aromatic carbocycles. The fraction of sp³-hybridized carbons (Fsp3) is 0.167. The third-order valence-corrected chi connectivity index (χ3v) is 2.84. The number of rotatable bonds is 3. The predicted octanol–water partition coefficient (Wildman–Crippen LogP) is 1.85. The zero-order valence-electron chi connectivity index (χ0n) is 10.1. The van der Waals surface area contributed by atoms with Crippen molar-refractivity contribution in [3.05, 3.63) is 47.0 Å². The van der Waals surface area contributed by atoms with Gasteiger partial charge < -0.3 is 11.1 Å². The predicted molar refractivity (Wildman–Crippen MR) is 70.2 cm³/mol. The van der Waals surface area contributed by atoms with Crippen LogP contribution >= 0.6 is 11.6 Å². The summed E-state index contributed by atoms with van der Waals surface area (Å²) < 4.78 is 14.5. The molecule has 100 valence electrons. The minimum absolute atomic E-state index is 0.0623. The van der Waals surface area contributed by atoms with E-state index in [9.17, 15) is 9.18 Å². The molecule has 2 aromatic rings. The van der Waals surface area contributed by atoms with Gasteiger partial charge in [-0.25, -0.2) is 4.39 Å². The first kappa shape index (κ1) is 13.5. The van der Waals surface area contributed by atoms with E-state index in [0.29, 0.717) is 11.3 Å². The summed E-state index contributed by atoms with van der Waals surface area (Å²) in [5, 5.41) is 6.44. The molecule has 7 heteroatoms. The second-order valence-corrected chi connectivity index (χ2v) is 4.45. The van der Waals surface area contributed by atoms with Gasteiger partial charge in [0, 0.05) is 24.5 Å². The summed E-state index contributed by atoms with van der Waals surface area (Å²) in [5.41, 5.74) is 6.77. The molecule has 0 saturated carbocycles. The van der Waals surface area contributed by atoms with Gasteiger partial charge >= 0.3 is 0 Å². The van der Waals surface area contributed by atoms with E-state index in [1.807, 2.05) is 0 Å². The molecule has 0 aliphatic carbocycles. The van der Waals surface area contributed by atoms with Crippen LogP contribution in [-0.4, -0.2) is 15.7 Å². The molecule has 0 spiro atoms. The monoisotopic (exact) mass is 282 g/mol. The van der Waals surface area contributed by atoms with Crippen molar-refractivity contribution in [3.8, 4) is 0 Å². The number of carbonyl (C=O) groups is 1. The van der Waals surface area contributed by atoms with Crippen molar-refractivity contribution < 1.29 is 9.18 Å². The standard InChI is InChI=1S/C12H12ClFN4O/c1-18-6-7(5-16-18)11(15)12(19)17-8-2-3-10(14)9(13)4-8/h2-6,11H,15H2,1H3,(H,17,19). The van der Waals surface area contributed by atoms with E-state index in [-0.39, 0.29) is 5.02 Å². The number of nitrogens with two attached hydrogens (primary N) is 1. The third kappa shape index (κ3) is 3.10. The van der Waals surface area contributed by atoms with Gasteiger partial charge in [-0.2, -0.15) is 5.10 Å². The molecule has 1 amide bonds. The van der Waals surface area contributed by atoms with Gasteiger partial charge in [-0.3, -0.25) is 9.48 Å². The topological polar surface area (TPSA) is 72.9 Å². The second-order valence-electron chi connectivity index (χ2n) is 4.04. The normalized spacial score (nSPS) is 12.2. The average molecular weight is 283 g/mol. The summed E-state index contributed by atoms with van der Waals surface area (Å²) in [6, 6.07) is 3.06. The van der Waals surface area contributed by atoms with E-state index in [1.165, 1.54) is 24.4 Å². The van der Waals surface area contributed by atoms with Crippen LogP contribution in [0.1, 0.15) is 11.6 Å². The van der Waals surface area contributed by atoms with E-state index < -0.39 is 17.8 Å². The molecule has 1 heterocycles. The lowest BCUT2D eigenvalue weighted by atomic mass is 10.1. The molecule has 1 atom stereocenters. The van der Waals surface area contributed by atoms with E-state index in [4.69, 9.17) is 17.3 Å². The molecular weight excluding hydrogens is 271 g/mol. The largest absolute Gasteiger partial charge is 0.324 e. The van der Waals surface area contributed by atoms with E-state index in [2.05, 4.69) is 10.4 Å². The summed E-state index contributed by atoms with van der Waals surface area (Å²) in [5.74, 6) is -0.966. The summed E-state index contributed by atoms with van der Waals surface area (Å²) in [4.78, 5) is 11.9. The number of aryl methyl sites for hydroxylation is 1. The molecule has 1 aromatic heterocycles. The van der Waals surface area contributed by atoms with E-state index in [0.717, 1.165) is 0 Å². The molecule has 0 bridgehead atoms. The first-order valence-corrected chi connectivity index (χ1v) is 5.85. The first-order valence-electron chi connectivity index (χ1n) is 5.47. The molecular formula is C12H12ClFN4O. The quantitative estimate of drug-likeness (QED) is 0.902. The van der Waals surface area contributed by atoms with Crippen LogP contribution in [0.5, 0.6) is 0 Å². The van der Waals surface area contributed by atoms with E-state index >= 15 is 0 Å². The highest BCUT2D eigenvalue weighted by atomic mass is 35.5. The third-order valence-electron chi connectivity index (χ3n) is 2.55. The number of amides is 1. The summed E-state index contributed by atoms with van der Waals surface area (Å²) in [7, 11) is 1.73. The second kappa shape index (κ2) is 5.38. The van der Waals surface area contributed by atoms with Crippen LogP contribution in [0.25, 0.3) is 0 Å². The Balaban J connectivity index is 2.10. The molecule has 0 saturated heterocycles. The molecule has 0 radical (unpaired) electrons. The Kier molecular flexibility index (Phi) is 3.82. The fourth-order valence-corrected chi connectivity index (χ4v) is 1.73. The minimum Gasteiger partial charge on any atom is -0.324 e. The smallest absolute Gasteiger partial charge is 0.246 e. The summed E-state index contributed by atoms with van der Waals surface area (Å²) in [6.45, 7) is 0. The number of nitrogens with one attached hydrogen (secondary N) is 1. The zero-order valence-corrected chi connectivity index (χ0v) is 10.9.